The van der Waals surface area contributed by atoms with E-state index in [-0.39, 0.29) is 29.5 Å². The van der Waals surface area contributed by atoms with Gasteiger partial charge in [0, 0.05) is 6.42 Å². The molecular weight excluding hydrogens is 436 g/mol. The van der Waals surface area contributed by atoms with E-state index in [0.717, 1.165) is 37.7 Å². The van der Waals surface area contributed by atoms with Crippen molar-refractivity contribution in [3.63, 3.8) is 0 Å². The highest BCUT2D eigenvalue weighted by Gasteiger charge is 2.62. The summed E-state index contributed by atoms with van der Waals surface area (Å²) < 4.78 is 5.54. The molecule has 0 amide bonds. The van der Waals surface area contributed by atoms with E-state index >= 15 is 0 Å². The highest BCUT2D eigenvalue weighted by molar-refractivity contribution is 5.69. The van der Waals surface area contributed by atoms with E-state index in [0.29, 0.717) is 48.0 Å². The van der Waals surface area contributed by atoms with Gasteiger partial charge in [-0.15, -0.1) is 0 Å². The molecule has 1 aromatic carbocycles. The molecule has 4 nitrogen and oxygen atoms in total. The number of hydrogen-bond donors (Lipinski definition) is 2. The van der Waals surface area contributed by atoms with Crippen molar-refractivity contribution in [1.29, 1.82) is 0 Å². The summed E-state index contributed by atoms with van der Waals surface area (Å²) in [5.41, 5.74) is 1.52. The summed E-state index contributed by atoms with van der Waals surface area (Å²) >= 11 is 0. The molecular formula is C31H46O4. The summed E-state index contributed by atoms with van der Waals surface area (Å²) in [5.74, 6) is 3.29. The Morgan fingerprint density at radius 2 is 1.69 bits per heavy atom. The fourth-order valence-electron chi connectivity index (χ4n) is 9.61. The molecule has 194 valence electrons. The number of fused-ring (bicyclic) bond motifs is 5. The summed E-state index contributed by atoms with van der Waals surface area (Å²) in [6.45, 7) is 7.67. The molecule has 5 rings (SSSR count). The van der Waals surface area contributed by atoms with Gasteiger partial charge in [0.25, 0.3) is 0 Å². The van der Waals surface area contributed by atoms with Crippen LogP contribution in [0.2, 0.25) is 0 Å². The maximum Gasteiger partial charge on any atom is 0.306 e. The maximum atomic E-state index is 12.4. The standard InChI is InChI=1S/C31H46O4/c1-20(9-12-29(34)35-19-21-7-5-4-6-8-21)24-10-11-25-23-18-28(33)27-17-22(32)13-15-31(27,3)26(23)14-16-30(24,25)2/h4-8,20,22-28,32-33H,9-19H2,1-3H3/t20-,22-,23+,24?,25+,26+,27+,28+,30-,31-/m1/s1. The van der Waals surface area contributed by atoms with Gasteiger partial charge < -0.3 is 14.9 Å². The van der Waals surface area contributed by atoms with Crippen molar-refractivity contribution in [1.82, 2.24) is 0 Å². The van der Waals surface area contributed by atoms with E-state index in [1.54, 1.807) is 0 Å². The Kier molecular flexibility index (Phi) is 7.09. The lowest BCUT2D eigenvalue weighted by Gasteiger charge is -2.62. The third kappa shape index (κ3) is 4.59. The summed E-state index contributed by atoms with van der Waals surface area (Å²) in [4.78, 5) is 12.4. The zero-order chi connectivity index (χ0) is 24.8. The molecule has 0 radical (unpaired) electrons. The van der Waals surface area contributed by atoms with Gasteiger partial charge in [0.1, 0.15) is 6.61 Å². The molecule has 4 heteroatoms. The van der Waals surface area contributed by atoms with Gasteiger partial charge >= 0.3 is 5.97 Å². The molecule has 0 heterocycles. The zero-order valence-electron chi connectivity index (χ0n) is 22.0. The third-order valence-corrected chi connectivity index (χ3v) is 11.5. The number of hydrogen-bond acceptors (Lipinski definition) is 4. The van der Waals surface area contributed by atoms with Gasteiger partial charge in [-0.2, -0.15) is 0 Å². The number of ether oxygens (including phenoxy) is 1. The van der Waals surface area contributed by atoms with Crippen LogP contribution in [0.1, 0.15) is 90.5 Å². The lowest BCUT2D eigenvalue weighted by molar-refractivity contribution is -0.172. The number of benzene rings is 1. The van der Waals surface area contributed by atoms with Crippen molar-refractivity contribution in [2.45, 2.75) is 104 Å². The van der Waals surface area contributed by atoms with Gasteiger partial charge in [-0.1, -0.05) is 51.1 Å². The van der Waals surface area contributed by atoms with E-state index in [9.17, 15) is 15.0 Å². The Balaban J connectivity index is 1.20. The summed E-state index contributed by atoms with van der Waals surface area (Å²) in [6.07, 6.45) is 9.60. The number of esters is 1. The fourth-order valence-corrected chi connectivity index (χ4v) is 9.61. The van der Waals surface area contributed by atoms with Crippen LogP contribution in [-0.2, 0) is 16.1 Å². The van der Waals surface area contributed by atoms with Gasteiger partial charge in [0.15, 0.2) is 0 Å². The predicted octanol–water partition coefficient (Wildman–Crippen LogP) is 6.14. The molecule has 10 atom stereocenters. The van der Waals surface area contributed by atoms with E-state index in [1.165, 1.54) is 25.7 Å². The van der Waals surface area contributed by atoms with Gasteiger partial charge in [-0.3, -0.25) is 4.79 Å². The first kappa shape index (κ1) is 25.3. The average Bonchev–Trinajstić information content (AvgIpc) is 3.20. The number of carbonyl (C=O) groups is 1. The van der Waals surface area contributed by atoms with Gasteiger partial charge in [-0.25, -0.2) is 0 Å². The predicted molar refractivity (Wildman–Crippen MR) is 137 cm³/mol. The van der Waals surface area contributed by atoms with Crippen LogP contribution in [0.15, 0.2) is 30.3 Å². The van der Waals surface area contributed by atoms with E-state index in [1.807, 2.05) is 30.3 Å². The Labute approximate surface area is 211 Å². The van der Waals surface area contributed by atoms with Crippen molar-refractivity contribution < 1.29 is 19.7 Å². The van der Waals surface area contributed by atoms with Crippen molar-refractivity contribution >= 4 is 5.97 Å². The second-order valence-electron chi connectivity index (χ2n) is 13.1. The number of rotatable bonds is 6. The molecule has 35 heavy (non-hydrogen) atoms. The van der Waals surface area contributed by atoms with Crippen molar-refractivity contribution in [3.05, 3.63) is 35.9 Å². The minimum atomic E-state index is -0.269. The van der Waals surface area contributed by atoms with Crippen LogP contribution in [0.3, 0.4) is 0 Å². The van der Waals surface area contributed by atoms with Crippen molar-refractivity contribution in [3.8, 4) is 0 Å². The van der Waals surface area contributed by atoms with Crippen LogP contribution >= 0.6 is 0 Å². The van der Waals surface area contributed by atoms with E-state index in [4.69, 9.17) is 4.74 Å². The third-order valence-electron chi connectivity index (χ3n) is 11.5. The van der Waals surface area contributed by atoms with Crippen LogP contribution in [-0.4, -0.2) is 28.4 Å². The lowest BCUT2D eigenvalue weighted by atomic mass is 9.44. The monoisotopic (exact) mass is 482 g/mol. The first-order valence-corrected chi connectivity index (χ1v) is 14.3. The second-order valence-corrected chi connectivity index (χ2v) is 13.1. The Morgan fingerprint density at radius 3 is 2.46 bits per heavy atom. The Morgan fingerprint density at radius 1 is 0.971 bits per heavy atom. The van der Waals surface area contributed by atoms with Gasteiger partial charge in [0.2, 0.25) is 0 Å². The summed E-state index contributed by atoms with van der Waals surface area (Å²) in [6, 6.07) is 9.90. The highest BCUT2D eigenvalue weighted by atomic mass is 16.5. The molecule has 4 saturated carbocycles. The largest absolute Gasteiger partial charge is 0.461 e. The smallest absolute Gasteiger partial charge is 0.306 e. The molecule has 0 saturated heterocycles. The average molecular weight is 483 g/mol. The molecule has 0 bridgehead atoms. The molecule has 4 aliphatic carbocycles. The fraction of sp³-hybridized carbons (Fsp3) is 0.774. The maximum absolute atomic E-state index is 12.4. The number of carbonyl (C=O) groups excluding carboxylic acids is 1. The minimum absolute atomic E-state index is 0.0852. The van der Waals surface area contributed by atoms with Crippen LogP contribution in [0.5, 0.6) is 0 Å². The molecule has 0 aromatic heterocycles. The minimum Gasteiger partial charge on any atom is -0.461 e. The molecule has 4 fully saturated rings. The summed E-state index contributed by atoms with van der Waals surface area (Å²) in [7, 11) is 0. The van der Waals surface area contributed by atoms with Crippen LogP contribution in [0, 0.1) is 46.3 Å². The van der Waals surface area contributed by atoms with Crippen LogP contribution < -0.4 is 0 Å². The quantitative estimate of drug-likeness (QED) is 0.478. The molecule has 2 N–H and O–H groups in total. The first-order valence-electron chi connectivity index (χ1n) is 14.3. The van der Waals surface area contributed by atoms with Gasteiger partial charge in [-0.05, 0) is 110 Å². The molecule has 1 unspecified atom stereocenters. The first-order chi connectivity index (χ1) is 16.7. The lowest BCUT2D eigenvalue weighted by Crippen LogP contribution is -2.58. The SMILES string of the molecule is C[C@H](CCC(=O)OCc1ccccc1)C1CC[C@H]2[C@@H]3C[C@H](O)[C@@H]4C[C@H](O)CC[C@]4(C)[C@H]3CC[C@]12C. The Hall–Kier alpha value is -1.39. The van der Waals surface area contributed by atoms with E-state index < -0.39 is 0 Å². The summed E-state index contributed by atoms with van der Waals surface area (Å²) in [5, 5.41) is 21.5. The number of aliphatic hydroxyl groups excluding tert-OH is 2. The zero-order valence-corrected chi connectivity index (χ0v) is 22.0. The molecule has 0 aliphatic heterocycles. The number of aliphatic hydroxyl groups is 2. The van der Waals surface area contributed by atoms with E-state index in [2.05, 4.69) is 20.8 Å². The van der Waals surface area contributed by atoms with Gasteiger partial charge in [0.05, 0.1) is 12.2 Å². The second kappa shape index (κ2) is 9.82. The van der Waals surface area contributed by atoms with Crippen LogP contribution in [0.4, 0.5) is 0 Å². The molecule has 0 spiro atoms. The highest BCUT2D eigenvalue weighted by Crippen LogP contribution is 2.68. The normalized spacial score (nSPS) is 43.5. The Bertz CT molecular complexity index is 885. The molecule has 1 aromatic rings. The van der Waals surface area contributed by atoms with Crippen LogP contribution in [0.25, 0.3) is 0 Å². The van der Waals surface area contributed by atoms with Crippen molar-refractivity contribution in [2.75, 3.05) is 0 Å². The molecule has 4 aliphatic rings. The van der Waals surface area contributed by atoms with Crippen molar-refractivity contribution in [2.24, 2.45) is 46.3 Å². The topological polar surface area (TPSA) is 66.8 Å².